The summed E-state index contributed by atoms with van der Waals surface area (Å²) in [4.78, 5) is 12.0. The number of phenolic OH excluding ortho intramolecular Hbond substituents is 1. The van der Waals surface area contributed by atoms with Crippen molar-refractivity contribution in [1.29, 1.82) is 0 Å². The number of methoxy groups -OCH3 is 1. The summed E-state index contributed by atoms with van der Waals surface area (Å²) in [5, 5.41) is 13.0. The molecule has 0 spiro atoms. The zero-order valence-electron chi connectivity index (χ0n) is 11.2. The molecule has 1 aromatic carbocycles. The van der Waals surface area contributed by atoms with Crippen molar-refractivity contribution in [3.8, 4) is 11.5 Å². The van der Waals surface area contributed by atoms with Gasteiger partial charge in [0.1, 0.15) is 6.04 Å². The number of carbonyl (C=O) groups excluding carboxylic acids is 1. The average molecular weight is 265 g/mol. The second kappa shape index (κ2) is 5.93. The van der Waals surface area contributed by atoms with Crippen LogP contribution in [0, 0.1) is 0 Å². The molecule has 19 heavy (non-hydrogen) atoms. The molecular weight excluding hydrogens is 246 g/mol. The van der Waals surface area contributed by atoms with Gasteiger partial charge in [0.15, 0.2) is 11.5 Å². The lowest BCUT2D eigenvalue weighted by Gasteiger charge is -2.18. The van der Waals surface area contributed by atoms with Gasteiger partial charge in [0.25, 0.3) is 0 Å². The summed E-state index contributed by atoms with van der Waals surface area (Å²) in [5.74, 6) is 0.0867. The molecule has 0 bridgehead atoms. The maximum Gasteiger partial charge on any atom is 0.327 e. The molecule has 0 aliphatic heterocycles. The fourth-order valence-corrected chi connectivity index (χ4v) is 1.90. The molecule has 0 aromatic heterocycles. The van der Waals surface area contributed by atoms with Crippen molar-refractivity contribution in [2.75, 3.05) is 13.7 Å². The smallest absolute Gasteiger partial charge is 0.327 e. The Morgan fingerprint density at radius 1 is 1.53 bits per heavy atom. The summed E-state index contributed by atoms with van der Waals surface area (Å²) in [5.41, 5.74) is 0.684. The normalized spacial score (nSPS) is 15.9. The second-order valence-electron chi connectivity index (χ2n) is 4.56. The Labute approximate surface area is 112 Å². The minimum atomic E-state index is -0.538. The van der Waals surface area contributed by atoms with Crippen molar-refractivity contribution in [2.24, 2.45) is 0 Å². The number of rotatable bonds is 6. The summed E-state index contributed by atoms with van der Waals surface area (Å²) >= 11 is 0. The van der Waals surface area contributed by atoms with Gasteiger partial charge in [-0.1, -0.05) is 6.07 Å². The first-order chi connectivity index (χ1) is 9.15. The summed E-state index contributed by atoms with van der Waals surface area (Å²) < 4.78 is 10.1. The molecule has 5 nitrogen and oxygen atoms in total. The maximum absolute atomic E-state index is 12.0. The number of carbonyl (C=O) groups is 1. The first-order valence-electron chi connectivity index (χ1n) is 6.45. The number of ether oxygens (including phenoxy) is 2. The summed E-state index contributed by atoms with van der Waals surface area (Å²) in [6.07, 6.45) is 2.14. The van der Waals surface area contributed by atoms with Gasteiger partial charge in [-0.2, -0.15) is 0 Å². The molecule has 2 rings (SSSR count). The summed E-state index contributed by atoms with van der Waals surface area (Å²) in [7, 11) is 1.49. The van der Waals surface area contributed by atoms with E-state index in [9.17, 15) is 9.90 Å². The highest BCUT2D eigenvalue weighted by Crippen LogP contribution is 2.31. The molecule has 0 amide bonds. The van der Waals surface area contributed by atoms with Crippen LogP contribution < -0.4 is 10.1 Å². The standard InChI is InChI=1S/C14H19NO4/c1-3-19-14(17)13(15-10-5-6-10)9-4-7-12(18-2)11(16)8-9/h4,7-8,10,13,15-16H,3,5-6H2,1-2H3. The van der Waals surface area contributed by atoms with Crippen molar-refractivity contribution in [3.05, 3.63) is 23.8 Å². The Kier molecular flexibility index (Phi) is 4.27. The topological polar surface area (TPSA) is 67.8 Å². The van der Waals surface area contributed by atoms with E-state index in [0.717, 1.165) is 12.8 Å². The Bertz CT molecular complexity index is 457. The van der Waals surface area contributed by atoms with Crippen molar-refractivity contribution < 1.29 is 19.4 Å². The van der Waals surface area contributed by atoms with Crippen LogP contribution in [0.1, 0.15) is 31.4 Å². The largest absolute Gasteiger partial charge is 0.504 e. The number of esters is 1. The fourth-order valence-electron chi connectivity index (χ4n) is 1.90. The van der Waals surface area contributed by atoms with Gasteiger partial charge in [-0.25, -0.2) is 4.79 Å². The third-order valence-corrected chi connectivity index (χ3v) is 3.04. The first kappa shape index (κ1) is 13.7. The van der Waals surface area contributed by atoms with Crippen LogP contribution in [0.3, 0.4) is 0 Å². The zero-order chi connectivity index (χ0) is 13.8. The molecule has 1 aliphatic carbocycles. The number of nitrogens with one attached hydrogen (secondary N) is 1. The monoisotopic (exact) mass is 265 g/mol. The maximum atomic E-state index is 12.0. The molecule has 0 saturated heterocycles. The van der Waals surface area contributed by atoms with Crippen molar-refractivity contribution in [1.82, 2.24) is 5.32 Å². The van der Waals surface area contributed by atoms with Gasteiger partial charge in [0, 0.05) is 6.04 Å². The molecule has 1 saturated carbocycles. The van der Waals surface area contributed by atoms with Gasteiger partial charge in [-0.3, -0.25) is 5.32 Å². The van der Waals surface area contributed by atoms with Crippen molar-refractivity contribution >= 4 is 5.97 Å². The molecule has 104 valence electrons. The van der Waals surface area contributed by atoms with Crippen LogP contribution in [0.5, 0.6) is 11.5 Å². The van der Waals surface area contributed by atoms with Crippen LogP contribution in [-0.2, 0) is 9.53 Å². The predicted octanol–water partition coefficient (Wildman–Crippen LogP) is 1.76. The van der Waals surface area contributed by atoms with E-state index >= 15 is 0 Å². The molecule has 0 heterocycles. The van der Waals surface area contributed by atoms with Gasteiger partial charge in [0.05, 0.1) is 13.7 Å². The van der Waals surface area contributed by atoms with Crippen LogP contribution in [0.4, 0.5) is 0 Å². The van der Waals surface area contributed by atoms with Gasteiger partial charge >= 0.3 is 5.97 Å². The molecule has 0 radical (unpaired) electrons. The molecular formula is C14H19NO4. The highest BCUT2D eigenvalue weighted by molar-refractivity contribution is 5.78. The van der Waals surface area contributed by atoms with Crippen LogP contribution in [0.2, 0.25) is 0 Å². The average Bonchev–Trinajstić information content (AvgIpc) is 3.20. The Balaban J connectivity index is 2.20. The number of phenols is 1. The summed E-state index contributed by atoms with van der Waals surface area (Å²) in [6, 6.07) is 4.76. The van der Waals surface area contributed by atoms with Crippen LogP contribution >= 0.6 is 0 Å². The molecule has 1 atom stereocenters. The number of hydrogen-bond donors (Lipinski definition) is 2. The van der Waals surface area contributed by atoms with E-state index < -0.39 is 6.04 Å². The minimum absolute atomic E-state index is 0.0203. The first-order valence-corrected chi connectivity index (χ1v) is 6.45. The van der Waals surface area contributed by atoms with Crippen LogP contribution in [-0.4, -0.2) is 30.8 Å². The van der Waals surface area contributed by atoms with E-state index in [1.165, 1.54) is 13.2 Å². The number of hydrogen-bond acceptors (Lipinski definition) is 5. The second-order valence-corrected chi connectivity index (χ2v) is 4.56. The van der Waals surface area contributed by atoms with Gasteiger partial charge in [0.2, 0.25) is 0 Å². The molecule has 1 aliphatic rings. The lowest BCUT2D eigenvalue weighted by Crippen LogP contribution is -2.31. The van der Waals surface area contributed by atoms with E-state index in [1.807, 2.05) is 0 Å². The van der Waals surface area contributed by atoms with Crippen LogP contribution in [0.15, 0.2) is 18.2 Å². The third-order valence-electron chi connectivity index (χ3n) is 3.04. The lowest BCUT2D eigenvalue weighted by atomic mass is 10.1. The fraction of sp³-hybridized carbons (Fsp3) is 0.500. The molecule has 1 aromatic rings. The SMILES string of the molecule is CCOC(=O)C(NC1CC1)c1ccc(OC)c(O)c1. The Morgan fingerprint density at radius 3 is 2.79 bits per heavy atom. The number of aromatic hydroxyl groups is 1. The lowest BCUT2D eigenvalue weighted by molar-refractivity contribution is -0.145. The van der Waals surface area contributed by atoms with E-state index in [0.29, 0.717) is 24.0 Å². The predicted molar refractivity (Wildman–Crippen MR) is 70.2 cm³/mol. The van der Waals surface area contributed by atoms with E-state index in [4.69, 9.17) is 9.47 Å². The van der Waals surface area contributed by atoms with Gasteiger partial charge in [-0.15, -0.1) is 0 Å². The Hall–Kier alpha value is -1.75. The molecule has 5 heteroatoms. The van der Waals surface area contributed by atoms with E-state index in [-0.39, 0.29) is 11.7 Å². The Morgan fingerprint density at radius 2 is 2.26 bits per heavy atom. The van der Waals surface area contributed by atoms with E-state index in [2.05, 4.69) is 5.32 Å². The summed E-state index contributed by atoms with van der Waals surface area (Å²) in [6.45, 7) is 2.11. The van der Waals surface area contributed by atoms with Crippen LogP contribution in [0.25, 0.3) is 0 Å². The molecule has 2 N–H and O–H groups in total. The zero-order valence-corrected chi connectivity index (χ0v) is 11.2. The highest BCUT2D eigenvalue weighted by Gasteiger charge is 2.30. The minimum Gasteiger partial charge on any atom is -0.504 e. The quantitative estimate of drug-likeness (QED) is 0.767. The molecule has 1 unspecified atom stereocenters. The van der Waals surface area contributed by atoms with E-state index in [1.54, 1.807) is 19.1 Å². The van der Waals surface area contributed by atoms with Crippen molar-refractivity contribution in [2.45, 2.75) is 31.8 Å². The highest BCUT2D eigenvalue weighted by atomic mass is 16.5. The molecule has 1 fully saturated rings. The van der Waals surface area contributed by atoms with Gasteiger partial charge < -0.3 is 14.6 Å². The third kappa shape index (κ3) is 3.38. The number of benzene rings is 1. The van der Waals surface area contributed by atoms with Crippen molar-refractivity contribution in [3.63, 3.8) is 0 Å². The van der Waals surface area contributed by atoms with Gasteiger partial charge in [-0.05, 0) is 37.5 Å².